The molecule has 1 heterocycles. The summed E-state index contributed by atoms with van der Waals surface area (Å²) >= 11 is 3.52. The SMILES string of the molecule is Brc1ccc2c(c1)OCCCC2NCC1CCC1. The average molecular weight is 310 g/mol. The molecule has 98 valence electrons. The number of rotatable bonds is 3. The summed E-state index contributed by atoms with van der Waals surface area (Å²) in [6, 6.07) is 6.88. The van der Waals surface area contributed by atoms with E-state index in [1.54, 1.807) is 0 Å². The van der Waals surface area contributed by atoms with Gasteiger partial charge in [-0.2, -0.15) is 0 Å². The van der Waals surface area contributed by atoms with Crippen molar-refractivity contribution < 1.29 is 4.74 Å². The lowest BCUT2D eigenvalue weighted by molar-refractivity contribution is 0.284. The van der Waals surface area contributed by atoms with Gasteiger partial charge in [-0.15, -0.1) is 0 Å². The fraction of sp³-hybridized carbons (Fsp3) is 0.600. The summed E-state index contributed by atoms with van der Waals surface area (Å²) in [7, 11) is 0. The molecule has 0 amide bonds. The van der Waals surface area contributed by atoms with Crippen LogP contribution in [0, 0.1) is 5.92 Å². The van der Waals surface area contributed by atoms with Crippen LogP contribution in [0.5, 0.6) is 5.75 Å². The number of ether oxygens (including phenoxy) is 1. The molecule has 1 N–H and O–H groups in total. The van der Waals surface area contributed by atoms with Crippen LogP contribution in [0.4, 0.5) is 0 Å². The van der Waals surface area contributed by atoms with Gasteiger partial charge in [0.15, 0.2) is 0 Å². The topological polar surface area (TPSA) is 21.3 Å². The first kappa shape index (κ1) is 12.5. The second kappa shape index (κ2) is 5.62. The lowest BCUT2D eigenvalue weighted by Gasteiger charge is -2.28. The molecule has 2 aliphatic rings. The second-order valence-electron chi connectivity index (χ2n) is 5.43. The molecule has 1 aromatic rings. The Balaban J connectivity index is 1.73. The maximum atomic E-state index is 5.84. The van der Waals surface area contributed by atoms with Crippen LogP contribution in [0.25, 0.3) is 0 Å². The molecule has 3 heteroatoms. The summed E-state index contributed by atoms with van der Waals surface area (Å²) in [6.45, 7) is 2.01. The van der Waals surface area contributed by atoms with E-state index in [0.717, 1.165) is 29.2 Å². The molecule has 1 saturated carbocycles. The Morgan fingerprint density at radius 2 is 2.11 bits per heavy atom. The molecule has 1 fully saturated rings. The molecule has 0 radical (unpaired) electrons. The van der Waals surface area contributed by atoms with Gasteiger partial charge in [0.2, 0.25) is 0 Å². The highest BCUT2D eigenvalue weighted by Gasteiger charge is 2.22. The highest BCUT2D eigenvalue weighted by Crippen LogP contribution is 2.34. The molecule has 18 heavy (non-hydrogen) atoms. The molecule has 2 nitrogen and oxygen atoms in total. The van der Waals surface area contributed by atoms with Crippen molar-refractivity contribution in [3.63, 3.8) is 0 Å². The van der Waals surface area contributed by atoms with Crippen molar-refractivity contribution in [3.8, 4) is 5.75 Å². The molecule has 1 aromatic carbocycles. The minimum Gasteiger partial charge on any atom is -0.493 e. The first-order chi connectivity index (χ1) is 8.83. The van der Waals surface area contributed by atoms with Gasteiger partial charge in [-0.1, -0.05) is 28.4 Å². The Morgan fingerprint density at radius 1 is 1.22 bits per heavy atom. The highest BCUT2D eigenvalue weighted by atomic mass is 79.9. The highest BCUT2D eigenvalue weighted by molar-refractivity contribution is 9.10. The van der Waals surface area contributed by atoms with Gasteiger partial charge in [0, 0.05) is 16.1 Å². The average Bonchev–Trinajstić information content (AvgIpc) is 2.49. The number of hydrogen-bond acceptors (Lipinski definition) is 2. The van der Waals surface area contributed by atoms with E-state index in [1.165, 1.54) is 37.8 Å². The Bertz CT molecular complexity index is 417. The molecule has 1 unspecified atom stereocenters. The smallest absolute Gasteiger partial charge is 0.125 e. The fourth-order valence-corrected chi connectivity index (χ4v) is 3.10. The summed E-state index contributed by atoms with van der Waals surface area (Å²) in [5, 5.41) is 3.74. The third-order valence-corrected chi connectivity index (χ3v) is 4.62. The van der Waals surface area contributed by atoms with Crippen molar-refractivity contribution in [2.24, 2.45) is 5.92 Å². The van der Waals surface area contributed by atoms with Crippen LogP contribution in [0.15, 0.2) is 22.7 Å². The van der Waals surface area contributed by atoms with E-state index in [4.69, 9.17) is 4.74 Å². The summed E-state index contributed by atoms with van der Waals surface area (Å²) in [6.07, 6.45) is 6.55. The number of nitrogens with one attached hydrogen (secondary N) is 1. The van der Waals surface area contributed by atoms with E-state index in [0.29, 0.717) is 6.04 Å². The molecule has 0 aromatic heterocycles. The predicted molar refractivity (Wildman–Crippen MR) is 77.0 cm³/mol. The van der Waals surface area contributed by atoms with Gasteiger partial charge in [0.05, 0.1) is 6.61 Å². The predicted octanol–water partition coefficient (Wildman–Crippen LogP) is 4.05. The largest absolute Gasteiger partial charge is 0.493 e. The molecule has 3 rings (SSSR count). The number of halogens is 1. The summed E-state index contributed by atoms with van der Waals surface area (Å²) < 4.78 is 6.93. The van der Waals surface area contributed by atoms with Gasteiger partial charge in [-0.3, -0.25) is 0 Å². The van der Waals surface area contributed by atoms with E-state index >= 15 is 0 Å². The quantitative estimate of drug-likeness (QED) is 0.909. The standard InChI is InChI=1S/C15H20BrNO/c16-12-6-7-13-14(17-10-11-3-1-4-11)5-2-8-18-15(13)9-12/h6-7,9,11,14,17H,1-5,8,10H2. The lowest BCUT2D eigenvalue weighted by atomic mass is 9.85. The van der Waals surface area contributed by atoms with Crippen LogP contribution >= 0.6 is 15.9 Å². The van der Waals surface area contributed by atoms with Crippen LogP contribution in [0.1, 0.15) is 43.7 Å². The second-order valence-corrected chi connectivity index (χ2v) is 6.35. The van der Waals surface area contributed by atoms with Gasteiger partial charge >= 0.3 is 0 Å². The zero-order valence-corrected chi connectivity index (χ0v) is 12.2. The lowest BCUT2D eigenvalue weighted by Crippen LogP contribution is -2.30. The maximum Gasteiger partial charge on any atom is 0.125 e. The first-order valence-corrected chi connectivity index (χ1v) is 7.78. The van der Waals surface area contributed by atoms with Crippen LogP contribution in [-0.4, -0.2) is 13.2 Å². The van der Waals surface area contributed by atoms with Gasteiger partial charge in [0.25, 0.3) is 0 Å². The number of benzene rings is 1. The summed E-state index contributed by atoms with van der Waals surface area (Å²) in [4.78, 5) is 0. The van der Waals surface area contributed by atoms with E-state index in [9.17, 15) is 0 Å². The van der Waals surface area contributed by atoms with E-state index in [1.807, 2.05) is 0 Å². The van der Waals surface area contributed by atoms with Gasteiger partial charge in [-0.25, -0.2) is 0 Å². The monoisotopic (exact) mass is 309 g/mol. The molecule has 0 spiro atoms. The van der Waals surface area contributed by atoms with Gasteiger partial charge in [-0.05, 0) is 50.3 Å². The van der Waals surface area contributed by atoms with Crippen molar-refractivity contribution in [1.82, 2.24) is 5.32 Å². The molecule has 0 saturated heterocycles. The van der Waals surface area contributed by atoms with Crippen molar-refractivity contribution in [1.29, 1.82) is 0 Å². The molecular formula is C15H20BrNO. The third-order valence-electron chi connectivity index (χ3n) is 4.12. The Kier molecular flexibility index (Phi) is 3.90. The number of hydrogen-bond donors (Lipinski definition) is 1. The molecule has 1 aliphatic heterocycles. The molecule has 1 atom stereocenters. The Hall–Kier alpha value is -0.540. The number of fused-ring (bicyclic) bond motifs is 1. The third kappa shape index (κ3) is 2.72. The molecule has 0 bridgehead atoms. The fourth-order valence-electron chi connectivity index (χ4n) is 2.76. The van der Waals surface area contributed by atoms with Crippen LogP contribution < -0.4 is 10.1 Å². The van der Waals surface area contributed by atoms with E-state index in [-0.39, 0.29) is 0 Å². The van der Waals surface area contributed by atoms with Crippen molar-refractivity contribution in [3.05, 3.63) is 28.2 Å². The summed E-state index contributed by atoms with van der Waals surface area (Å²) in [5.41, 5.74) is 1.33. The Labute approximate surface area is 117 Å². The van der Waals surface area contributed by atoms with Crippen LogP contribution in [0.3, 0.4) is 0 Å². The molecular weight excluding hydrogens is 290 g/mol. The summed E-state index contributed by atoms with van der Waals surface area (Å²) in [5.74, 6) is 1.96. The van der Waals surface area contributed by atoms with E-state index < -0.39 is 0 Å². The maximum absolute atomic E-state index is 5.84. The van der Waals surface area contributed by atoms with Gasteiger partial charge in [0.1, 0.15) is 5.75 Å². The molecule has 1 aliphatic carbocycles. The normalized spacial score (nSPS) is 23.7. The van der Waals surface area contributed by atoms with Crippen molar-refractivity contribution in [2.75, 3.05) is 13.2 Å². The van der Waals surface area contributed by atoms with Gasteiger partial charge < -0.3 is 10.1 Å². The van der Waals surface area contributed by atoms with Crippen LogP contribution in [-0.2, 0) is 0 Å². The minimum atomic E-state index is 0.469. The minimum absolute atomic E-state index is 0.469. The van der Waals surface area contributed by atoms with Crippen molar-refractivity contribution >= 4 is 15.9 Å². The van der Waals surface area contributed by atoms with Crippen molar-refractivity contribution in [2.45, 2.75) is 38.1 Å². The first-order valence-electron chi connectivity index (χ1n) is 6.98. The zero-order chi connectivity index (χ0) is 12.4. The Morgan fingerprint density at radius 3 is 2.89 bits per heavy atom. The van der Waals surface area contributed by atoms with E-state index in [2.05, 4.69) is 39.4 Å². The van der Waals surface area contributed by atoms with Crippen LogP contribution in [0.2, 0.25) is 0 Å². The zero-order valence-electron chi connectivity index (χ0n) is 10.6.